The van der Waals surface area contributed by atoms with Crippen LogP contribution in [0.15, 0.2) is 53.4 Å². The first-order valence-corrected chi connectivity index (χ1v) is 10.7. The smallest absolute Gasteiger partial charge is 0.246 e. The van der Waals surface area contributed by atoms with Crippen LogP contribution in [0.25, 0.3) is 0 Å². The minimum Gasteiger partial charge on any atom is -0.497 e. The highest BCUT2D eigenvalue weighted by molar-refractivity contribution is 7.89. The van der Waals surface area contributed by atoms with Crippen LogP contribution in [0.3, 0.4) is 0 Å². The van der Waals surface area contributed by atoms with Crippen molar-refractivity contribution in [2.45, 2.75) is 23.8 Å². The molecule has 3 rings (SSSR count). The van der Waals surface area contributed by atoms with E-state index in [-0.39, 0.29) is 19.7 Å². The molecule has 1 heterocycles. The van der Waals surface area contributed by atoms with E-state index in [2.05, 4.69) is 5.32 Å². The number of halogens is 1. The van der Waals surface area contributed by atoms with Gasteiger partial charge >= 0.3 is 0 Å². The summed E-state index contributed by atoms with van der Waals surface area (Å²) in [6.45, 7) is 0.622. The average molecular weight is 422 g/mol. The summed E-state index contributed by atoms with van der Waals surface area (Å²) in [7, 11) is -2.52. The molecule has 1 amide bonds. The molecule has 1 fully saturated rings. The summed E-state index contributed by atoms with van der Waals surface area (Å²) in [6.07, 6.45) is 0.924. The van der Waals surface area contributed by atoms with Gasteiger partial charge in [0.15, 0.2) is 0 Å². The number of ether oxygens (including phenoxy) is 2. The lowest BCUT2D eigenvalue weighted by Gasteiger charge is -2.23. The first-order valence-electron chi connectivity index (χ1n) is 9.24. The number of methoxy groups -OCH3 is 1. The third kappa shape index (κ3) is 4.86. The molecule has 7 nitrogen and oxygen atoms in total. The molecule has 1 saturated heterocycles. The van der Waals surface area contributed by atoms with Gasteiger partial charge in [-0.15, -0.1) is 0 Å². The quantitative estimate of drug-likeness (QED) is 0.659. The van der Waals surface area contributed by atoms with Crippen molar-refractivity contribution in [2.75, 3.05) is 26.8 Å². The SMILES string of the molecule is COc1ccc(OCCNC(=O)C2CCCN2S(=O)(=O)c2ccccc2F)cc1. The minimum absolute atomic E-state index is 0.178. The molecule has 1 atom stereocenters. The maximum Gasteiger partial charge on any atom is 0.246 e. The van der Waals surface area contributed by atoms with Crippen molar-refractivity contribution in [3.63, 3.8) is 0 Å². The molecular weight excluding hydrogens is 399 g/mol. The molecule has 0 aromatic heterocycles. The summed E-state index contributed by atoms with van der Waals surface area (Å²) in [5, 5.41) is 2.70. The van der Waals surface area contributed by atoms with Gasteiger partial charge in [-0.1, -0.05) is 12.1 Å². The zero-order valence-corrected chi connectivity index (χ0v) is 16.8. The average Bonchev–Trinajstić information content (AvgIpc) is 3.23. The first-order chi connectivity index (χ1) is 13.9. The Morgan fingerprint density at radius 1 is 1.17 bits per heavy atom. The van der Waals surface area contributed by atoms with Gasteiger partial charge in [-0.05, 0) is 49.2 Å². The molecule has 9 heteroatoms. The Hall–Kier alpha value is -2.65. The highest BCUT2D eigenvalue weighted by atomic mass is 32.2. The van der Waals surface area contributed by atoms with E-state index in [4.69, 9.17) is 9.47 Å². The Morgan fingerprint density at radius 3 is 2.55 bits per heavy atom. The molecule has 0 radical (unpaired) electrons. The number of nitrogens with one attached hydrogen (secondary N) is 1. The molecule has 0 bridgehead atoms. The monoisotopic (exact) mass is 422 g/mol. The van der Waals surface area contributed by atoms with Gasteiger partial charge in [0.1, 0.15) is 34.9 Å². The summed E-state index contributed by atoms with van der Waals surface area (Å²) in [4.78, 5) is 12.1. The van der Waals surface area contributed by atoms with Crippen molar-refractivity contribution in [3.8, 4) is 11.5 Å². The zero-order chi connectivity index (χ0) is 20.9. The van der Waals surface area contributed by atoms with Gasteiger partial charge in [0.2, 0.25) is 15.9 Å². The first kappa shape index (κ1) is 21.1. The van der Waals surface area contributed by atoms with Crippen molar-refractivity contribution >= 4 is 15.9 Å². The van der Waals surface area contributed by atoms with Gasteiger partial charge in [0, 0.05) is 6.54 Å². The van der Waals surface area contributed by atoms with Crippen molar-refractivity contribution in [2.24, 2.45) is 0 Å². The second kappa shape index (κ2) is 9.23. The highest BCUT2D eigenvalue weighted by Gasteiger charge is 2.40. The fraction of sp³-hybridized carbons (Fsp3) is 0.350. The van der Waals surface area contributed by atoms with E-state index in [1.165, 1.54) is 18.2 Å². The van der Waals surface area contributed by atoms with E-state index in [0.29, 0.717) is 24.3 Å². The number of sulfonamides is 1. The van der Waals surface area contributed by atoms with Gasteiger partial charge in [-0.2, -0.15) is 4.31 Å². The molecule has 156 valence electrons. The standard InChI is InChI=1S/C20H23FN2O5S/c1-27-15-8-10-16(11-9-15)28-14-12-22-20(24)18-6-4-13-23(18)29(25,26)19-7-3-2-5-17(19)21/h2-3,5,7-11,18H,4,6,12-14H2,1H3,(H,22,24). The number of hydrogen-bond acceptors (Lipinski definition) is 5. The van der Waals surface area contributed by atoms with Crippen LogP contribution in [0.5, 0.6) is 11.5 Å². The number of carbonyl (C=O) groups is 1. The maximum atomic E-state index is 14.0. The molecule has 1 aliphatic rings. The fourth-order valence-electron chi connectivity index (χ4n) is 3.20. The van der Waals surface area contributed by atoms with Crippen LogP contribution >= 0.6 is 0 Å². The van der Waals surface area contributed by atoms with E-state index in [1.54, 1.807) is 31.4 Å². The van der Waals surface area contributed by atoms with E-state index < -0.39 is 32.7 Å². The summed E-state index contributed by atoms with van der Waals surface area (Å²) >= 11 is 0. The fourth-order valence-corrected chi connectivity index (χ4v) is 4.93. The molecule has 1 unspecified atom stereocenters. The molecular formula is C20H23FN2O5S. The number of nitrogens with zero attached hydrogens (tertiary/aromatic N) is 1. The lowest BCUT2D eigenvalue weighted by Crippen LogP contribution is -2.46. The second-order valence-corrected chi connectivity index (χ2v) is 8.38. The summed E-state index contributed by atoms with van der Waals surface area (Å²) in [5.41, 5.74) is 0. The topological polar surface area (TPSA) is 84.9 Å². The van der Waals surface area contributed by atoms with Gasteiger partial charge in [0.05, 0.1) is 13.7 Å². The third-order valence-electron chi connectivity index (χ3n) is 4.66. The molecule has 1 N–H and O–H groups in total. The molecule has 0 aliphatic carbocycles. The van der Waals surface area contributed by atoms with E-state index in [1.807, 2.05) is 0 Å². The van der Waals surface area contributed by atoms with Crippen LogP contribution in [0.1, 0.15) is 12.8 Å². The van der Waals surface area contributed by atoms with Crippen LogP contribution in [0.2, 0.25) is 0 Å². The largest absolute Gasteiger partial charge is 0.497 e. The Labute approximate surface area is 169 Å². The summed E-state index contributed by atoms with van der Waals surface area (Å²) in [6, 6.07) is 11.3. The second-order valence-electron chi connectivity index (χ2n) is 6.52. The number of rotatable bonds is 8. The summed E-state index contributed by atoms with van der Waals surface area (Å²) in [5.74, 6) is 0.0971. The molecule has 0 saturated carbocycles. The van der Waals surface area contributed by atoms with Gasteiger partial charge in [-0.3, -0.25) is 4.79 Å². The predicted molar refractivity (Wildman–Crippen MR) is 105 cm³/mol. The van der Waals surface area contributed by atoms with Crippen molar-refractivity contribution in [1.29, 1.82) is 0 Å². The van der Waals surface area contributed by atoms with Crippen LogP contribution < -0.4 is 14.8 Å². The Balaban J connectivity index is 1.56. The Bertz CT molecular complexity index is 950. The highest BCUT2D eigenvalue weighted by Crippen LogP contribution is 2.27. The molecule has 29 heavy (non-hydrogen) atoms. The van der Waals surface area contributed by atoms with E-state index in [0.717, 1.165) is 10.4 Å². The van der Waals surface area contributed by atoms with Gasteiger partial charge in [0.25, 0.3) is 0 Å². The van der Waals surface area contributed by atoms with Crippen LogP contribution in [0.4, 0.5) is 4.39 Å². The van der Waals surface area contributed by atoms with Gasteiger partial charge in [-0.25, -0.2) is 12.8 Å². The third-order valence-corrected chi connectivity index (χ3v) is 6.60. The molecule has 1 aliphatic heterocycles. The van der Waals surface area contributed by atoms with E-state index in [9.17, 15) is 17.6 Å². The normalized spacial score (nSPS) is 17.1. The van der Waals surface area contributed by atoms with E-state index >= 15 is 0 Å². The molecule has 2 aromatic carbocycles. The minimum atomic E-state index is -4.09. The maximum absolute atomic E-state index is 14.0. The zero-order valence-electron chi connectivity index (χ0n) is 16.0. The van der Waals surface area contributed by atoms with Crippen molar-refractivity contribution in [1.82, 2.24) is 9.62 Å². The number of benzene rings is 2. The van der Waals surface area contributed by atoms with Crippen LogP contribution in [0, 0.1) is 5.82 Å². The Kier molecular flexibility index (Phi) is 6.71. The number of hydrogen-bond donors (Lipinski definition) is 1. The predicted octanol–water partition coefficient (Wildman–Crippen LogP) is 2.18. The molecule has 2 aromatic rings. The lowest BCUT2D eigenvalue weighted by molar-refractivity contribution is -0.124. The van der Waals surface area contributed by atoms with Crippen molar-refractivity contribution < 1.29 is 27.1 Å². The van der Waals surface area contributed by atoms with Crippen LogP contribution in [-0.4, -0.2) is 51.5 Å². The lowest BCUT2D eigenvalue weighted by atomic mass is 10.2. The number of amides is 1. The van der Waals surface area contributed by atoms with Crippen LogP contribution in [-0.2, 0) is 14.8 Å². The summed E-state index contributed by atoms with van der Waals surface area (Å²) < 4.78 is 51.3. The Morgan fingerprint density at radius 2 is 1.86 bits per heavy atom. The molecule has 0 spiro atoms. The van der Waals surface area contributed by atoms with Gasteiger partial charge < -0.3 is 14.8 Å². The number of carbonyl (C=O) groups excluding carboxylic acids is 1. The van der Waals surface area contributed by atoms with Crippen molar-refractivity contribution in [3.05, 3.63) is 54.3 Å².